The molecule has 1 heterocycles. The van der Waals surface area contributed by atoms with Crippen LogP contribution in [0.1, 0.15) is 20.9 Å². The predicted octanol–water partition coefficient (Wildman–Crippen LogP) is 2.21. The van der Waals surface area contributed by atoms with E-state index in [-0.39, 0.29) is 23.2 Å². The molecular weight excluding hydrogens is 422 g/mol. The molecule has 0 atom stereocenters. The second-order valence-corrected chi connectivity index (χ2v) is 7.11. The number of nitrogens with one attached hydrogen (secondary N) is 2. The van der Waals surface area contributed by atoms with Crippen molar-refractivity contribution >= 4 is 34.5 Å². The zero-order valence-corrected chi connectivity index (χ0v) is 17.5. The maximum absolute atomic E-state index is 12.3. The Morgan fingerprint density at radius 3 is 2.61 bits per heavy atom. The van der Waals surface area contributed by atoms with E-state index in [2.05, 4.69) is 26.0 Å². The molecule has 1 aromatic heterocycles. The van der Waals surface area contributed by atoms with Gasteiger partial charge in [-0.3, -0.25) is 14.9 Å². The van der Waals surface area contributed by atoms with Gasteiger partial charge in [-0.2, -0.15) is 5.10 Å². The fraction of sp³-hybridized carbons (Fsp3) is 0.150. The molecule has 2 amide bonds. The van der Waals surface area contributed by atoms with Gasteiger partial charge in [-0.1, -0.05) is 17.4 Å². The third kappa shape index (κ3) is 5.76. The number of phenols is 1. The van der Waals surface area contributed by atoms with Gasteiger partial charge in [0.05, 0.1) is 26.9 Å². The number of methoxy groups -OCH3 is 2. The number of benzene rings is 2. The lowest BCUT2D eigenvalue weighted by Gasteiger charge is -2.04. The molecule has 0 bridgehead atoms. The Hall–Kier alpha value is -3.99. The van der Waals surface area contributed by atoms with Gasteiger partial charge in [-0.05, 0) is 36.4 Å². The average molecular weight is 441 g/mol. The minimum absolute atomic E-state index is 0.0719. The van der Waals surface area contributed by atoms with Crippen molar-refractivity contribution in [2.24, 2.45) is 5.10 Å². The molecule has 3 rings (SSSR count). The lowest BCUT2D eigenvalue weighted by Crippen LogP contribution is -2.19. The molecule has 2 aromatic carbocycles. The van der Waals surface area contributed by atoms with Crippen molar-refractivity contribution in [3.63, 3.8) is 0 Å². The summed E-state index contributed by atoms with van der Waals surface area (Å²) < 4.78 is 10.1. The first-order valence-corrected chi connectivity index (χ1v) is 9.77. The van der Waals surface area contributed by atoms with E-state index in [9.17, 15) is 14.7 Å². The number of rotatable bonds is 8. The predicted molar refractivity (Wildman–Crippen MR) is 115 cm³/mol. The summed E-state index contributed by atoms with van der Waals surface area (Å²) in [6.07, 6.45) is 1.23. The molecule has 0 saturated carbocycles. The highest BCUT2D eigenvalue weighted by Crippen LogP contribution is 2.27. The van der Waals surface area contributed by atoms with E-state index in [0.717, 1.165) is 11.3 Å². The molecule has 3 aromatic rings. The molecule has 0 fully saturated rings. The fourth-order valence-electron chi connectivity index (χ4n) is 2.45. The Morgan fingerprint density at radius 1 is 1.13 bits per heavy atom. The number of para-hydroxylation sites is 1. The van der Waals surface area contributed by atoms with E-state index in [1.54, 1.807) is 49.6 Å². The lowest BCUT2D eigenvalue weighted by atomic mass is 10.2. The van der Waals surface area contributed by atoms with Gasteiger partial charge in [0.2, 0.25) is 11.0 Å². The largest absolute Gasteiger partial charge is 0.504 e. The van der Waals surface area contributed by atoms with Crippen molar-refractivity contribution in [2.45, 2.75) is 6.42 Å². The monoisotopic (exact) mass is 441 g/mol. The number of phenolic OH excluding ortho intramolecular Hbond substituents is 1. The number of carbonyl (C=O) groups is 2. The van der Waals surface area contributed by atoms with Crippen LogP contribution < -0.4 is 20.2 Å². The van der Waals surface area contributed by atoms with Crippen LogP contribution >= 0.6 is 11.3 Å². The van der Waals surface area contributed by atoms with Crippen LogP contribution in [0, 0.1) is 0 Å². The number of aromatic nitrogens is 2. The fourth-order valence-corrected chi connectivity index (χ4v) is 3.18. The minimum Gasteiger partial charge on any atom is -0.504 e. The topological polar surface area (TPSA) is 135 Å². The number of nitrogens with zero attached hydrogens (tertiary/aromatic N) is 3. The molecule has 0 unspecified atom stereocenters. The van der Waals surface area contributed by atoms with Crippen LogP contribution in [0.25, 0.3) is 0 Å². The Labute approximate surface area is 181 Å². The van der Waals surface area contributed by atoms with Gasteiger partial charge in [0.25, 0.3) is 5.91 Å². The maximum atomic E-state index is 12.3. The second-order valence-electron chi connectivity index (χ2n) is 6.05. The molecule has 0 spiro atoms. The normalized spacial score (nSPS) is 10.6. The summed E-state index contributed by atoms with van der Waals surface area (Å²) in [6, 6.07) is 11.5. The van der Waals surface area contributed by atoms with E-state index in [4.69, 9.17) is 9.47 Å². The molecule has 0 aliphatic rings. The van der Waals surface area contributed by atoms with Crippen molar-refractivity contribution in [2.75, 3.05) is 19.5 Å². The Balaban J connectivity index is 1.53. The lowest BCUT2D eigenvalue weighted by molar-refractivity contribution is -0.120. The van der Waals surface area contributed by atoms with Gasteiger partial charge >= 0.3 is 0 Å². The van der Waals surface area contributed by atoms with E-state index >= 15 is 0 Å². The van der Waals surface area contributed by atoms with Crippen molar-refractivity contribution < 1.29 is 24.2 Å². The van der Waals surface area contributed by atoms with E-state index < -0.39 is 5.91 Å². The first kappa shape index (κ1) is 21.7. The maximum Gasteiger partial charge on any atom is 0.257 e. The number of anilines is 1. The van der Waals surface area contributed by atoms with Crippen molar-refractivity contribution in [1.82, 2.24) is 15.6 Å². The van der Waals surface area contributed by atoms with Crippen LogP contribution in [0.15, 0.2) is 47.6 Å². The summed E-state index contributed by atoms with van der Waals surface area (Å²) in [6.45, 7) is 0. The summed E-state index contributed by atoms with van der Waals surface area (Å²) in [5.41, 5.74) is 3.17. The number of carbonyl (C=O) groups excluding carboxylic acids is 2. The highest BCUT2D eigenvalue weighted by Gasteiger charge is 2.13. The zero-order chi connectivity index (χ0) is 22.2. The SMILES string of the molecule is COc1ccc(C(=O)Nc2nnc(CC(=O)N/N=C\c3cccc(OC)c3O)s2)cc1. The third-order valence-corrected chi connectivity index (χ3v) is 4.83. The summed E-state index contributed by atoms with van der Waals surface area (Å²) in [5.74, 6) is 0.0862. The van der Waals surface area contributed by atoms with E-state index in [1.807, 2.05) is 0 Å². The van der Waals surface area contributed by atoms with Gasteiger partial charge < -0.3 is 14.6 Å². The van der Waals surface area contributed by atoms with Crippen molar-refractivity contribution in [3.05, 3.63) is 58.6 Å². The number of hydrogen-bond donors (Lipinski definition) is 3. The molecule has 0 aliphatic carbocycles. The third-order valence-electron chi connectivity index (χ3n) is 3.99. The molecule has 10 nitrogen and oxygen atoms in total. The molecule has 160 valence electrons. The summed E-state index contributed by atoms with van der Waals surface area (Å²) >= 11 is 1.08. The standard InChI is InChI=1S/C20H19N5O5S/c1-29-14-8-6-12(7-9-14)19(28)22-20-25-24-17(31-20)10-16(26)23-21-11-13-4-3-5-15(30-2)18(13)27/h3-9,11,27H,10H2,1-2H3,(H,23,26)(H,22,25,28)/b21-11-. The Morgan fingerprint density at radius 2 is 1.90 bits per heavy atom. The van der Waals surface area contributed by atoms with Crippen LogP contribution in [0.5, 0.6) is 17.2 Å². The number of ether oxygens (including phenoxy) is 2. The molecule has 0 radical (unpaired) electrons. The van der Waals surface area contributed by atoms with Crippen LogP contribution in [0.3, 0.4) is 0 Å². The summed E-state index contributed by atoms with van der Waals surface area (Å²) in [7, 11) is 2.98. The molecule has 0 aliphatic heterocycles. The van der Waals surface area contributed by atoms with Crippen molar-refractivity contribution in [3.8, 4) is 17.2 Å². The molecule has 31 heavy (non-hydrogen) atoms. The Kier molecular flexibility index (Phi) is 7.12. The molecule has 3 N–H and O–H groups in total. The smallest absolute Gasteiger partial charge is 0.257 e. The van der Waals surface area contributed by atoms with Crippen LogP contribution in [0.2, 0.25) is 0 Å². The van der Waals surface area contributed by atoms with E-state index in [1.165, 1.54) is 13.3 Å². The zero-order valence-electron chi connectivity index (χ0n) is 16.7. The van der Waals surface area contributed by atoms with Gasteiger partial charge in [0, 0.05) is 11.1 Å². The van der Waals surface area contributed by atoms with Crippen LogP contribution in [-0.4, -0.2) is 47.6 Å². The number of aromatic hydroxyl groups is 1. The second kappa shape index (κ2) is 10.2. The van der Waals surface area contributed by atoms with Gasteiger partial charge in [-0.25, -0.2) is 5.43 Å². The quantitative estimate of drug-likeness (QED) is 0.360. The summed E-state index contributed by atoms with van der Waals surface area (Å²) in [5, 5.41) is 24.9. The van der Waals surface area contributed by atoms with Gasteiger partial charge in [-0.15, -0.1) is 10.2 Å². The number of amides is 2. The van der Waals surface area contributed by atoms with Crippen LogP contribution in [0.4, 0.5) is 5.13 Å². The van der Waals surface area contributed by atoms with Gasteiger partial charge in [0.1, 0.15) is 10.8 Å². The molecule has 11 heteroatoms. The van der Waals surface area contributed by atoms with Crippen molar-refractivity contribution in [1.29, 1.82) is 0 Å². The molecular formula is C20H19N5O5S. The first-order chi connectivity index (χ1) is 15.0. The highest BCUT2D eigenvalue weighted by molar-refractivity contribution is 7.15. The summed E-state index contributed by atoms with van der Waals surface area (Å²) in [4.78, 5) is 24.3. The van der Waals surface area contributed by atoms with E-state index in [0.29, 0.717) is 27.6 Å². The van der Waals surface area contributed by atoms with Crippen LogP contribution in [-0.2, 0) is 11.2 Å². The average Bonchev–Trinajstić information content (AvgIpc) is 3.21. The minimum atomic E-state index is -0.428. The first-order valence-electron chi connectivity index (χ1n) is 8.96. The highest BCUT2D eigenvalue weighted by atomic mass is 32.1. The Bertz CT molecular complexity index is 1100. The van der Waals surface area contributed by atoms with Gasteiger partial charge in [0.15, 0.2) is 11.5 Å². The number of hydrogen-bond acceptors (Lipinski definition) is 9. The molecule has 0 saturated heterocycles. The number of hydrazone groups is 1.